The molecule has 2 unspecified atom stereocenters. The first-order valence-corrected chi connectivity index (χ1v) is 5.81. The molecule has 1 amide bonds. The Kier molecular flexibility index (Phi) is 3.53. The van der Waals surface area contributed by atoms with Crippen molar-refractivity contribution in [2.45, 2.75) is 13.0 Å². The summed E-state index contributed by atoms with van der Waals surface area (Å²) in [6.07, 6.45) is 0. The van der Waals surface area contributed by atoms with Crippen LogP contribution in [-0.2, 0) is 9.53 Å². The summed E-state index contributed by atoms with van der Waals surface area (Å²) in [7, 11) is 0. The van der Waals surface area contributed by atoms with Crippen LogP contribution in [0.15, 0.2) is 24.3 Å². The fourth-order valence-electron chi connectivity index (χ4n) is 1.97. The highest BCUT2D eigenvalue weighted by atomic mass is 19.1. The van der Waals surface area contributed by atoms with Crippen LogP contribution in [0, 0.1) is 11.2 Å². The second-order valence-corrected chi connectivity index (χ2v) is 4.74. The van der Waals surface area contributed by atoms with E-state index in [-0.39, 0.29) is 18.8 Å². The van der Waals surface area contributed by atoms with E-state index in [1.54, 1.807) is 6.07 Å². The van der Waals surface area contributed by atoms with Gasteiger partial charge in [0.05, 0.1) is 24.8 Å². The van der Waals surface area contributed by atoms with Crippen LogP contribution < -0.4 is 5.32 Å². The van der Waals surface area contributed by atoms with Crippen molar-refractivity contribution < 1.29 is 23.8 Å². The fourth-order valence-corrected chi connectivity index (χ4v) is 1.97. The second-order valence-electron chi connectivity index (χ2n) is 4.74. The van der Waals surface area contributed by atoms with Crippen molar-refractivity contribution in [3.05, 3.63) is 35.6 Å². The third-order valence-corrected chi connectivity index (χ3v) is 3.37. The lowest BCUT2D eigenvalue weighted by Gasteiger charge is -2.25. The fraction of sp³-hybridized carbons (Fsp3) is 0.385. The molecule has 0 radical (unpaired) electrons. The zero-order chi connectivity index (χ0) is 14.0. The Morgan fingerprint density at radius 2 is 2.16 bits per heavy atom. The van der Waals surface area contributed by atoms with Crippen LogP contribution in [0.1, 0.15) is 17.3 Å². The minimum absolute atomic E-state index is 0.0184. The molecule has 19 heavy (non-hydrogen) atoms. The standard InChI is InChI=1S/C13H14FNO4/c1-13(12(17)18)7-19-6-10(13)15-11(16)8-4-2-3-5-9(8)14/h2-5,10H,6-7H2,1H3,(H,15,16)(H,17,18). The van der Waals surface area contributed by atoms with Crippen molar-refractivity contribution >= 4 is 11.9 Å². The number of carboxylic acids is 1. The summed E-state index contributed by atoms with van der Waals surface area (Å²) in [6.45, 7) is 1.61. The first-order valence-electron chi connectivity index (χ1n) is 5.81. The van der Waals surface area contributed by atoms with Gasteiger partial charge in [-0.2, -0.15) is 0 Å². The van der Waals surface area contributed by atoms with E-state index >= 15 is 0 Å². The van der Waals surface area contributed by atoms with E-state index in [4.69, 9.17) is 4.74 Å². The number of amides is 1. The maximum atomic E-state index is 13.5. The molecule has 2 atom stereocenters. The van der Waals surface area contributed by atoms with Crippen LogP contribution >= 0.6 is 0 Å². The Morgan fingerprint density at radius 1 is 1.47 bits per heavy atom. The monoisotopic (exact) mass is 267 g/mol. The molecule has 0 saturated carbocycles. The molecule has 0 spiro atoms. The molecule has 0 bridgehead atoms. The summed E-state index contributed by atoms with van der Waals surface area (Å²) in [4.78, 5) is 23.1. The van der Waals surface area contributed by atoms with Crippen LogP contribution in [0.25, 0.3) is 0 Å². The van der Waals surface area contributed by atoms with Gasteiger partial charge in [0, 0.05) is 0 Å². The molecule has 6 heteroatoms. The van der Waals surface area contributed by atoms with Gasteiger partial charge in [0.2, 0.25) is 0 Å². The first-order chi connectivity index (χ1) is 8.95. The van der Waals surface area contributed by atoms with E-state index in [2.05, 4.69) is 5.32 Å². The van der Waals surface area contributed by atoms with Crippen molar-refractivity contribution in [2.75, 3.05) is 13.2 Å². The molecule has 1 aliphatic rings. The number of ether oxygens (including phenoxy) is 1. The molecular formula is C13H14FNO4. The van der Waals surface area contributed by atoms with Crippen molar-refractivity contribution in [3.63, 3.8) is 0 Å². The van der Waals surface area contributed by atoms with Gasteiger partial charge in [0.25, 0.3) is 5.91 Å². The molecule has 0 aliphatic carbocycles. The quantitative estimate of drug-likeness (QED) is 0.858. The predicted molar refractivity (Wildman–Crippen MR) is 64.2 cm³/mol. The molecule has 1 heterocycles. The highest BCUT2D eigenvalue weighted by Gasteiger charge is 2.47. The van der Waals surface area contributed by atoms with Crippen molar-refractivity contribution in [2.24, 2.45) is 5.41 Å². The molecule has 1 aromatic rings. The smallest absolute Gasteiger partial charge is 0.313 e. The van der Waals surface area contributed by atoms with Crippen LogP contribution in [-0.4, -0.2) is 36.2 Å². The highest BCUT2D eigenvalue weighted by Crippen LogP contribution is 2.29. The highest BCUT2D eigenvalue weighted by molar-refractivity contribution is 5.95. The summed E-state index contributed by atoms with van der Waals surface area (Å²) in [5.41, 5.74) is -1.30. The summed E-state index contributed by atoms with van der Waals surface area (Å²) >= 11 is 0. The van der Waals surface area contributed by atoms with Crippen molar-refractivity contribution in [3.8, 4) is 0 Å². The van der Waals surface area contributed by atoms with Gasteiger partial charge in [-0.05, 0) is 19.1 Å². The molecule has 2 N–H and O–H groups in total. The minimum atomic E-state index is -1.19. The number of rotatable bonds is 3. The molecule has 102 valence electrons. The zero-order valence-electron chi connectivity index (χ0n) is 10.4. The van der Waals surface area contributed by atoms with E-state index in [0.717, 1.165) is 0 Å². The van der Waals surface area contributed by atoms with E-state index in [1.807, 2.05) is 0 Å². The number of carbonyl (C=O) groups is 2. The van der Waals surface area contributed by atoms with Gasteiger partial charge >= 0.3 is 5.97 Å². The van der Waals surface area contributed by atoms with Crippen molar-refractivity contribution in [1.29, 1.82) is 0 Å². The number of hydrogen-bond acceptors (Lipinski definition) is 3. The zero-order valence-corrected chi connectivity index (χ0v) is 10.4. The average molecular weight is 267 g/mol. The normalized spacial score (nSPS) is 26.1. The molecule has 1 fully saturated rings. The molecule has 5 nitrogen and oxygen atoms in total. The molecule has 0 aromatic heterocycles. The molecule has 1 saturated heterocycles. The summed E-state index contributed by atoms with van der Waals surface area (Å²) in [5.74, 6) is -2.33. The van der Waals surface area contributed by atoms with E-state index in [0.29, 0.717) is 0 Å². The third kappa shape index (κ3) is 2.44. The Hall–Kier alpha value is -1.95. The van der Waals surface area contributed by atoms with Crippen LogP contribution in [0.3, 0.4) is 0 Å². The minimum Gasteiger partial charge on any atom is -0.481 e. The number of benzene rings is 1. The number of nitrogens with one attached hydrogen (secondary N) is 1. The maximum absolute atomic E-state index is 13.5. The van der Waals surface area contributed by atoms with E-state index in [9.17, 15) is 19.1 Å². The van der Waals surface area contributed by atoms with Crippen LogP contribution in [0.2, 0.25) is 0 Å². The molecular weight excluding hydrogens is 253 g/mol. The number of hydrogen-bond donors (Lipinski definition) is 2. The van der Waals surface area contributed by atoms with E-state index in [1.165, 1.54) is 25.1 Å². The van der Waals surface area contributed by atoms with E-state index < -0.39 is 29.2 Å². The van der Waals surface area contributed by atoms with Gasteiger partial charge in [0.15, 0.2) is 0 Å². The maximum Gasteiger partial charge on any atom is 0.313 e. The van der Waals surface area contributed by atoms with Crippen LogP contribution in [0.4, 0.5) is 4.39 Å². The van der Waals surface area contributed by atoms with Crippen LogP contribution in [0.5, 0.6) is 0 Å². The number of carbonyl (C=O) groups excluding carboxylic acids is 1. The lowest BCUT2D eigenvalue weighted by atomic mass is 9.85. The SMILES string of the molecule is CC1(C(=O)O)COCC1NC(=O)c1ccccc1F. The first kappa shape index (κ1) is 13.5. The summed E-state index contributed by atoms with van der Waals surface area (Å²) in [6, 6.07) is 4.86. The average Bonchev–Trinajstić information content (AvgIpc) is 2.73. The lowest BCUT2D eigenvalue weighted by Crippen LogP contribution is -2.49. The molecule has 1 aromatic carbocycles. The molecule has 2 rings (SSSR count). The number of carboxylic acid groups (broad SMARTS) is 1. The summed E-state index contributed by atoms with van der Waals surface area (Å²) in [5, 5.41) is 11.7. The van der Waals surface area contributed by atoms with Gasteiger partial charge in [-0.15, -0.1) is 0 Å². The third-order valence-electron chi connectivity index (χ3n) is 3.37. The molecule has 1 aliphatic heterocycles. The Balaban J connectivity index is 2.16. The number of aliphatic carboxylic acids is 1. The number of halogens is 1. The van der Waals surface area contributed by atoms with Gasteiger partial charge in [-0.25, -0.2) is 4.39 Å². The van der Waals surface area contributed by atoms with Gasteiger partial charge in [0.1, 0.15) is 11.2 Å². The second kappa shape index (κ2) is 4.97. The Morgan fingerprint density at radius 3 is 2.79 bits per heavy atom. The lowest BCUT2D eigenvalue weighted by molar-refractivity contribution is -0.148. The predicted octanol–water partition coefficient (Wildman–Crippen LogP) is 1.05. The van der Waals surface area contributed by atoms with Gasteiger partial charge in [-0.1, -0.05) is 12.1 Å². The topological polar surface area (TPSA) is 75.6 Å². The van der Waals surface area contributed by atoms with Gasteiger partial charge < -0.3 is 15.2 Å². The summed E-state index contributed by atoms with van der Waals surface area (Å²) < 4.78 is 18.6. The van der Waals surface area contributed by atoms with Gasteiger partial charge in [-0.3, -0.25) is 9.59 Å². The Bertz CT molecular complexity index is 519. The largest absolute Gasteiger partial charge is 0.481 e. The Labute approximate surface area is 109 Å². The van der Waals surface area contributed by atoms with Crippen molar-refractivity contribution in [1.82, 2.24) is 5.32 Å².